The Morgan fingerprint density at radius 1 is 1.29 bits per heavy atom. The van der Waals surface area contributed by atoms with Crippen LogP contribution in [-0.2, 0) is 4.74 Å². The van der Waals surface area contributed by atoms with Gasteiger partial charge in [-0.25, -0.2) is 0 Å². The van der Waals surface area contributed by atoms with Gasteiger partial charge in [0.1, 0.15) is 0 Å². The monoisotopic (exact) mass is 338 g/mol. The quantitative estimate of drug-likeness (QED) is 0.596. The fourth-order valence-corrected chi connectivity index (χ4v) is 4.22. The maximum absolute atomic E-state index is 5.52. The molecule has 2 aliphatic rings. The van der Waals surface area contributed by atoms with Crippen molar-refractivity contribution in [1.82, 2.24) is 15.1 Å². The molecule has 0 aromatic heterocycles. The van der Waals surface area contributed by atoms with Crippen LogP contribution >= 0.6 is 0 Å². The summed E-state index contributed by atoms with van der Waals surface area (Å²) in [6.45, 7) is 9.16. The molecule has 5 heteroatoms. The van der Waals surface area contributed by atoms with Gasteiger partial charge in [-0.3, -0.25) is 4.99 Å². The lowest BCUT2D eigenvalue weighted by atomic mass is 9.75. The number of ether oxygens (including phenoxy) is 1. The van der Waals surface area contributed by atoms with E-state index in [1.165, 1.54) is 32.1 Å². The lowest BCUT2D eigenvalue weighted by molar-refractivity contribution is 0.0842. The Morgan fingerprint density at radius 2 is 2.08 bits per heavy atom. The minimum Gasteiger partial charge on any atom is -0.381 e. The van der Waals surface area contributed by atoms with Gasteiger partial charge in [0.15, 0.2) is 5.96 Å². The molecule has 0 bridgehead atoms. The zero-order chi connectivity index (χ0) is 17.6. The van der Waals surface area contributed by atoms with Crippen molar-refractivity contribution in [2.75, 3.05) is 54.0 Å². The van der Waals surface area contributed by atoms with Gasteiger partial charge in [-0.2, -0.15) is 0 Å². The van der Waals surface area contributed by atoms with Crippen molar-refractivity contribution in [1.29, 1.82) is 0 Å². The number of nitrogens with one attached hydrogen (secondary N) is 1. The maximum atomic E-state index is 5.52. The van der Waals surface area contributed by atoms with Gasteiger partial charge < -0.3 is 19.9 Å². The summed E-state index contributed by atoms with van der Waals surface area (Å²) in [5, 5.41) is 3.48. The third-order valence-corrected chi connectivity index (χ3v) is 5.79. The highest BCUT2D eigenvalue weighted by Crippen LogP contribution is 2.35. The number of likely N-dealkylation sites (N-methyl/N-ethyl adjacent to an activating group) is 1. The molecular formula is C19H38N4O. The molecule has 3 unspecified atom stereocenters. The van der Waals surface area contributed by atoms with Crippen LogP contribution < -0.4 is 5.32 Å². The molecule has 3 atom stereocenters. The van der Waals surface area contributed by atoms with Crippen LogP contribution in [0.5, 0.6) is 0 Å². The average molecular weight is 339 g/mol. The zero-order valence-electron chi connectivity index (χ0n) is 16.5. The van der Waals surface area contributed by atoms with E-state index >= 15 is 0 Å². The van der Waals surface area contributed by atoms with Gasteiger partial charge in [-0.15, -0.1) is 0 Å². The van der Waals surface area contributed by atoms with E-state index in [1.54, 1.807) is 0 Å². The molecule has 5 nitrogen and oxygen atoms in total. The van der Waals surface area contributed by atoms with Gasteiger partial charge in [0.05, 0.1) is 13.2 Å². The van der Waals surface area contributed by atoms with E-state index in [4.69, 9.17) is 9.73 Å². The minimum absolute atomic E-state index is 0.218. The molecule has 1 aliphatic heterocycles. The molecule has 1 N–H and O–H groups in total. The summed E-state index contributed by atoms with van der Waals surface area (Å²) in [7, 11) is 6.60. The van der Waals surface area contributed by atoms with Gasteiger partial charge in [0.25, 0.3) is 0 Å². The topological polar surface area (TPSA) is 40.1 Å². The third-order valence-electron chi connectivity index (χ3n) is 5.79. The number of rotatable bonds is 6. The molecule has 0 spiro atoms. The molecule has 1 heterocycles. The summed E-state index contributed by atoms with van der Waals surface area (Å²) >= 11 is 0. The molecule has 140 valence electrons. The number of hydrogen-bond acceptors (Lipinski definition) is 3. The predicted molar refractivity (Wildman–Crippen MR) is 102 cm³/mol. The van der Waals surface area contributed by atoms with Crippen LogP contribution in [0.15, 0.2) is 4.99 Å². The highest BCUT2D eigenvalue weighted by molar-refractivity contribution is 5.79. The molecule has 0 aromatic carbocycles. The van der Waals surface area contributed by atoms with E-state index in [-0.39, 0.29) is 5.54 Å². The molecule has 24 heavy (non-hydrogen) atoms. The van der Waals surface area contributed by atoms with Gasteiger partial charge in [-0.05, 0) is 46.2 Å². The standard InChI is InChI=1S/C19H38N4O/c1-6-20-18(23(5)13-17-9-11-24-14-17)21-15-19(22(3)4)10-7-8-16(2)12-19/h16-17H,6-15H2,1-5H3,(H,20,21). The van der Waals surface area contributed by atoms with Crippen LogP contribution in [0.25, 0.3) is 0 Å². The van der Waals surface area contributed by atoms with E-state index in [0.29, 0.717) is 5.92 Å². The predicted octanol–water partition coefficient (Wildman–Crippen LogP) is 2.43. The molecule has 0 aromatic rings. The molecule has 1 saturated carbocycles. The first-order valence-corrected chi connectivity index (χ1v) is 9.71. The fourth-order valence-electron chi connectivity index (χ4n) is 4.22. The van der Waals surface area contributed by atoms with Crippen LogP contribution in [0.3, 0.4) is 0 Å². The van der Waals surface area contributed by atoms with E-state index in [9.17, 15) is 0 Å². The van der Waals surface area contributed by atoms with Gasteiger partial charge >= 0.3 is 0 Å². The lowest BCUT2D eigenvalue weighted by Crippen LogP contribution is -2.51. The van der Waals surface area contributed by atoms with Gasteiger partial charge in [0, 0.05) is 38.2 Å². The van der Waals surface area contributed by atoms with Crippen LogP contribution in [0.4, 0.5) is 0 Å². The van der Waals surface area contributed by atoms with E-state index in [1.807, 2.05) is 0 Å². The largest absolute Gasteiger partial charge is 0.381 e. The second kappa shape index (κ2) is 9.04. The van der Waals surface area contributed by atoms with E-state index in [0.717, 1.165) is 44.7 Å². The second-order valence-corrected chi connectivity index (χ2v) is 8.10. The summed E-state index contributed by atoms with van der Waals surface area (Å²) in [5.41, 5.74) is 0.218. The Morgan fingerprint density at radius 3 is 2.67 bits per heavy atom. The van der Waals surface area contributed by atoms with E-state index < -0.39 is 0 Å². The van der Waals surface area contributed by atoms with Gasteiger partial charge in [0.2, 0.25) is 0 Å². The Kier molecular flexibility index (Phi) is 7.35. The molecular weight excluding hydrogens is 300 g/mol. The first-order valence-electron chi connectivity index (χ1n) is 9.71. The smallest absolute Gasteiger partial charge is 0.193 e. The van der Waals surface area contributed by atoms with Crippen molar-refractivity contribution in [2.45, 2.75) is 51.5 Å². The van der Waals surface area contributed by atoms with Crippen molar-refractivity contribution in [3.63, 3.8) is 0 Å². The highest BCUT2D eigenvalue weighted by atomic mass is 16.5. The zero-order valence-corrected chi connectivity index (χ0v) is 16.5. The molecule has 0 amide bonds. The molecule has 0 radical (unpaired) electrons. The number of hydrogen-bond donors (Lipinski definition) is 1. The van der Waals surface area contributed by atoms with Crippen molar-refractivity contribution in [3.8, 4) is 0 Å². The Hall–Kier alpha value is -0.810. The van der Waals surface area contributed by atoms with E-state index in [2.05, 4.69) is 50.1 Å². The normalized spacial score (nSPS) is 31.5. The third kappa shape index (κ3) is 5.09. The summed E-state index contributed by atoms with van der Waals surface area (Å²) < 4.78 is 5.52. The summed E-state index contributed by atoms with van der Waals surface area (Å²) in [4.78, 5) is 9.76. The summed E-state index contributed by atoms with van der Waals surface area (Å²) in [6.07, 6.45) is 6.36. The lowest BCUT2D eigenvalue weighted by Gasteiger charge is -2.44. The van der Waals surface area contributed by atoms with Gasteiger partial charge in [-0.1, -0.05) is 19.8 Å². The van der Waals surface area contributed by atoms with Crippen molar-refractivity contribution < 1.29 is 4.74 Å². The minimum atomic E-state index is 0.218. The fraction of sp³-hybridized carbons (Fsp3) is 0.947. The number of aliphatic imine (C=N–C) groups is 1. The number of guanidine groups is 1. The molecule has 1 saturated heterocycles. The summed E-state index contributed by atoms with van der Waals surface area (Å²) in [6, 6.07) is 0. The molecule has 1 aliphatic carbocycles. The van der Waals surface area contributed by atoms with Crippen LogP contribution in [0.2, 0.25) is 0 Å². The van der Waals surface area contributed by atoms with Crippen molar-refractivity contribution in [2.24, 2.45) is 16.8 Å². The Labute approximate surface area is 148 Å². The molecule has 2 rings (SSSR count). The molecule has 2 fully saturated rings. The Bertz CT molecular complexity index is 406. The number of nitrogens with zero attached hydrogens (tertiary/aromatic N) is 3. The van der Waals surface area contributed by atoms with Crippen LogP contribution in [0.1, 0.15) is 46.0 Å². The van der Waals surface area contributed by atoms with Crippen LogP contribution in [-0.4, -0.2) is 75.3 Å². The first-order chi connectivity index (χ1) is 11.5. The maximum Gasteiger partial charge on any atom is 0.193 e. The second-order valence-electron chi connectivity index (χ2n) is 8.10. The average Bonchev–Trinajstić information content (AvgIpc) is 3.04. The SMILES string of the molecule is CCNC(=NCC1(N(C)C)CCCC(C)C1)N(C)CC1CCOC1. The van der Waals surface area contributed by atoms with Crippen molar-refractivity contribution >= 4 is 5.96 Å². The summed E-state index contributed by atoms with van der Waals surface area (Å²) in [5.74, 6) is 2.48. The van der Waals surface area contributed by atoms with Crippen LogP contribution in [0, 0.1) is 11.8 Å². The first kappa shape index (κ1) is 19.5. The van der Waals surface area contributed by atoms with Crippen molar-refractivity contribution in [3.05, 3.63) is 0 Å². The highest BCUT2D eigenvalue weighted by Gasteiger charge is 2.37. The Balaban J connectivity index is 2.04.